The molecule has 2 N–H and O–H groups in total. The minimum Gasteiger partial charge on any atom is -0.480 e. The van der Waals surface area contributed by atoms with Crippen LogP contribution in [0.3, 0.4) is 0 Å². The summed E-state index contributed by atoms with van der Waals surface area (Å²) in [4.78, 5) is 11.0. The number of carboxylic acid groups (broad SMARTS) is 1. The van der Waals surface area contributed by atoms with Crippen LogP contribution < -0.4 is 0 Å². The molecule has 1 aromatic rings. The lowest BCUT2D eigenvalue weighted by molar-refractivity contribution is -0.144. The van der Waals surface area contributed by atoms with E-state index < -0.39 is 11.4 Å². The Labute approximate surface area is 82.2 Å². The van der Waals surface area contributed by atoms with Crippen molar-refractivity contribution in [1.29, 1.82) is 0 Å². The van der Waals surface area contributed by atoms with Crippen LogP contribution in [0.2, 0.25) is 0 Å². The van der Waals surface area contributed by atoms with E-state index >= 15 is 0 Å². The average molecular weight is 198 g/mol. The summed E-state index contributed by atoms with van der Waals surface area (Å²) in [7, 11) is 0. The molecule has 4 nitrogen and oxygen atoms in total. The molecule has 1 unspecified atom stereocenters. The number of aryl methyl sites for hydroxylation is 1. The van der Waals surface area contributed by atoms with Crippen molar-refractivity contribution in [2.45, 2.75) is 25.7 Å². The lowest BCUT2D eigenvalue weighted by Gasteiger charge is -2.20. The van der Waals surface area contributed by atoms with Crippen molar-refractivity contribution in [2.75, 3.05) is 6.61 Å². The van der Waals surface area contributed by atoms with Crippen LogP contribution >= 0.6 is 0 Å². The van der Waals surface area contributed by atoms with Gasteiger partial charge in [-0.1, -0.05) is 0 Å². The Morgan fingerprint density at radius 3 is 2.57 bits per heavy atom. The van der Waals surface area contributed by atoms with Gasteiger partial charge < -0.3 is 14.6 Å². The molecule has 0 radical (unpaired) electrons. The summed E-state index contributed by atoms with van der Waals surface area (Å²) < 4.78 is 5.27. The van der Waals surface area contributed by atoms with Crippen molar-refractivity contribution < 1.29 is 19.4 Å². The standard InChI is InChI=1S/C10H14O4/c1-7-3-4-8(14-7)10(2,5-6-11)9(12)13/h3-4,11H,5-6H2,1-2H3,(H,12,13). The monoisotopic (exact) mass is 198 g/mol. The maximum absolute atomic E-state index is 11.0. The van der Waals surface area contributed by atoms with Gasteiger partial charge in [-0.25, -0.2) is 0 Å². The van der Waals surface area contributed by atoms with E-state index in [-0.39, 0.29) is 13.0 Å². The SMILES string of the molecule is Cc1ccc(C(C)(CCO)C(=O)O)o1. The molecule has 1 rings (SSSR count). The summed E-state index contributed by atoms with van der Waals surface area (Å²) in [5.74, 6) is 0.0721. The van der Waals surface area contributed by atoms with Crippen LogP contribution in [-0.2, 0) is 10.2 Å². The van der Waals surface area contributed by atoms with Crippen LogP contribution in [-0.4, -0.2) is 22.8 Å². The quantitative estimate of drug-likeness (QED) is 0.765. The Kier molecular flexibility index (Phi) is 2.96. The second kappa shape index (κ2) is 3.84. The van der Waals surface area contributed by atoms with Crippen LogP contribution in [0.1, 0.15) is 24.9 Å². The molecule has 1 atom stereocenters. The summed E-state index contributed by atoms with van der Waals surface area (Å²) in [5, 5.41) is 17.9. The first kappa shape index (κ1) is 10.8. The number of hydrogen-bond acceptors (Lipinski definition) is 3. The number of rotatable bonds is 4. The van der Waals surface area contributed by atoms with Gasteiger partial charge in [0, 0.05) is 6.61 Å². The molecule has 0 spiro atoms. The second-order valence-electron chi connectivity index (χ2n) is 3.52. The largest absolute Gasteiger partial charge is 0.480 e. The summed E-state index contributed by atoms with van der Waals surface area (Å²) in [6.45, 7) is 3.12. The number of carbonyl (C=O) groups is 1. The number of carboxylic acids is 1. The number of hydrogen-bond donors (Lipinski definition) is 2. The van der Waals surface area contributed by atoms with Gasteiger partial charge in [0.25, 0.3) is 0 Å². The number of aliphatic hydroxyl groups excluding tert-OH is 1. The maximum atomic E-state index is 11.0. The predicted molar refractivity (Wildman–Crippen MR) is 50.1 cm³/mol. The zero-order valence-electron chi connectivity index (χ0n) is 8.28. The molecule has 0 saturated heterocycles. The van der Waals surface area contributed by atoms with Crippen molar-refractivity contribution in [1.82, 2.24) is 0 Å². The highest BCUT2D eigenvalue weighted by atomic mass is 16.4. The van der Waals surface area contributed by atoms with Gasteiger partial charge in [0.15, 0.2) is 0 Å². The van der Waals surface area contributed by atoms with Gasteiger partial charge in [-0.3, -0.25) is 4.79 Å². The molecule has 14 heavy (non-hydrogen) atoms. The minimum atomic E-state index is -1.14. The highest BCUT2D eigenvalue weighted by Gasteiger charge is 2.37. The first-order valence-corrected chi connectivity index (χ1v) is 4.42. The van der Waals surface area contributed by atoms with Crippen molar-refractivity contribution in [3.05, 3.63) is 23.7 Å². The first-order chi connectivity index (χ1) is 6.50. The molecule has 0 aromatic carbocycles. The van der Waals surface area contributed by atoms with Gasteiger partial charge in [0.1, 0.15) is 16.9 Å². The summed E-state index contributed by atoms with van der Waals surface area (Å²) in [5.41, 5.74) is -1.14. The van der Waals surface area contributed by atoms with Gasteiger partial charge in [0.05, 0.1) is 0 Å². The molecular weight excluding hydrogens is 184 g/mol. The molecular formula is C10H14O4. The highest BCUT2D eigenvalue weighted by Crippen LogP contribution is 2.29. The lowest BCUT2D eigenvalue weighted by atomic mass is 9.84. The summed E-state index contributed by atoms with van der Waals surface area (Å²) >= 11 is 0. The van der Waals surface area contributed by atoms with E-state index in [1.807, 2.05) is 0 Å². The molecule has 0 bridgehead atoms. The summed E-state index contributed by atoms with van der Waals surface area (Å²) in [6.07, 6.45) is 0.148. The van der Waals surface area contributed by atoms with Crippen LogP contribution in [0, 0.1) is 6.92 Å². The second-order valence-corrected chi connectivity index (χ2v) is 3.52. The fourth-order valence-corrected chi connectivity index (χ4v) is 1.29. The highest BCUT2D eigenvalue weighted by molar-refractivity contribution is 5.79. The number of aliphatic hydroxyl groups is 1. The van der Waals surface area contributed by atoms with Crippen LogP contribution in [0.4, 0.5) is 0 Å². The maximum Gasteiger partial charge on any atom is 0.317 e. The third-order valence-corrected chi connectivity index (χ3v) is 2.37. The zero-order chi connectivity index (χ0) is 10.8. The van der Waals surface area contributed by atoms with Crippen molar-refractivity contribution >= 4 is 5.97 Å². The molecule has 0 fully saturated rings. The van der Waals surface area contributed by atoms with E-state index in [1.54, 1.807) is 26.0 Å². The number of aliphatic carboxylic acids is 1. The van der Waals surface area contributed by atoms with Gasteiger partial charge >= 0.3 is 5.97 Å². The Balaban J connectivity index is 3.05. The van der Waals surface area contributed by atoms with Gasteiger partial charge in [0.2, 0.25) is 0 Å². The van der Waals surface area contributed by atoms with Crippen molar-refractivity contribution in [2.24, 2.45) is 0 Å². The van der Waals surface area contributed by atoms with Gasteiger partial charge in [-0.05, 0) is 32.4 Å². The van der Waals surface area contributed by atoms with E-state index in [9.17, 15) is 4.79 Å². The molecule has 1 aromatic heterocycles. The van der Waals surface area contributed by atoms with Crippen molar-refractivity contribution in [3.63, 3.8) is 0 Å². The molecule has 0 saturated carbocycles. The van der Waals surface area contributed by atoms with E-state index in [1.165, 1.54) is 0 Å². The third-order valence-electron chi connectivity index (χ3n) is 2.37. The van der Waals surface area contributed by atoms with Crippen LogP contribution in [0.15, 0.2) is 16.5 Å². The smallest absolute Gasteiger partial charge is 0.317 e. The zero-order valence-corrected chi connectivity index (χ0v) is 8.28. The topological polar surface area (TPSA) is 70.7 Å². The molecule has 78 valence electrons. The van der Waals surface area contributed by atoms with E-state index in [0.29, 0.717) is 11.5 Å². The minimum absolute atomic E-state index is 0.148. The Bertz CT molecular complexity index is 329. The molecule has 0 aliphatic carbocycles. The van der Waals surface area contributed by atoms with Gasteiger partial charge in [-0.15, -0.1) is 0 Å². The van der Waals surface area contributed by atoms with E-state index in [2.05, 4.69) is 0 Å². The first-order valence-electron chi connectivity index (χ1n) is 4.42. The average Bonchev–Trinajstić information content (AvgIpc) is 2.52. The number of furan rings is 1. The molecule has 0 aliphatic heterocycles. The Morgan fingerprint density at radius 2 is 2.21 bits per heavy atom. The van der Waals surface area contributed by atoms with Crippen molar-refractivity contribution in [3.8, 4) is 0 Å². The summed E-state index contributed by atoms with van der Waals surface area (Å²) in [6, 6.07) is 3.35. The molecule has 0 amide bonds. The Morgan fingerprint density at radius 1 is 1.57 bits per heavy atom. The predicted octanol–water partition coefficient (Wildman–Crippen LogP) is 1.31. The normalized spacial score (nSPS) is 15.1. The third kappa shape index (κ3) is 1.80. The van der Waals surface area contributed by atoms with Crippen LogP contribution in [0.25, 0.3) is 0 Å². The Hall–Kier alpha value is -1.29. The molecule has 0 aliphatic rings. The fraction of sp³-hybridized carbons (Fsp3) is 0.500. The van der Waals surface area contributed by atoms with E-state index in [4.69, 9.17) is 14.6 Å². The lowest BCUT2D eigenvalue weighted by Crippen LogP contribution is -2.33. The van der Waals surface area contributed by atoms with E-state index in [0.717, 1.165) is 0 Å². The molecule has 4 heteroatoms. The van der Waals surface area contributed by atoms with Crippen LogP contribution in [0.5, 0.6) is 0 Å². The fourth-order valence-electron chi connectivity index (χ4n) is 1.29. The molecule has 1 heterocycles. The van der Waals surface area contributed by atoms with Gasteiger partial charge in [-0.2, -0.15) is 0 Å².